The number of anilines is 1. The molecular weight excluding hydrogens is 252 g/mol. The predicted octanol–water partition coefficient (Wildman–Crippen LogP) is 2.36. The molecule has 112 valence electrons. The predicted molar refractivity (Wildman–Crippen MR) is 83.2 cm³/mol. The Morgan fingerprint density at radius 2 is 2.05 bits per heavy atom. The minimum absolute atomic E-state index is 0.179. The number of nitrogens with zero attached hydrogens (tertiary/aromatic N) is 1. The molecule has 4 nitrogen and oxygen atoms in total. The summed E-state index contributed by atoms with van der Waals surface area (Å²) in [5.74, 6) is -0.179. The summed E-state index contributed by atoms with van der Waals surface area (Å²) in [4.78, 5) is 14.1. The summed E-state index contributed by atoms with van der Waals surface area (Å²) in [6, 6.07) is 7.88. The van der Waals surface area contributed by atoms with E-state index in [1.165, 1.54) is 5.56 Å². The molecule has 1 unspecified atom stereocenters. The van der Waals surface area contributed by atoms with E-state index in [1.54, 1.807) is 0 Å². The molecule has 0 bridgehead atoms. The molecule has 0 aromatic heterocycles. The van der Waals surface area contributed by atoms with E-state index in [0.717, 1.165) is 18.7 Å². The highest BCUT2D eigenvalue weighted by atomic mass is 16.5. The van der Waals surface area contributed by atoms with Crippen LogP contribution in [0.4, 0.5) is 5.69 Å². The Labute approximate surface area is 122 Å². The van der Waals surface area contributed by atoms with Gasteiger partial charge in [0, 0.05) is 19.3 Å². The number of ether oxygens (including phenoxy) is 1. The molecule has 1 N–H and O–H groups in total. The van der Waals surface area contributed by atoms with Gasteiger partial charge in [0.25, 0.3) is 0 Å². The Morgan fingerprint density at radius 3 is 2.65 bits per heavy atom. The van der Waals surface area contributed by atoms with Crippen molar-refractivity contribution in [2.45, 2.75) is 33.2 Å². The van der Waals surface area contributed by atoms with Gasteiger partial charge in [-0.25, -0.2) is 0 Å². The highest BCUT2D eigenvalue weighted by Crippen LogP contribution is 2.18. The number of aryl methyl sites for hydroxylation is 1. The number of para-hydroxylation sites is 1. The molecule has 0 aliphatic carbocycles. The molecule has 0 radical (unpaired) electrons. The van der Waals surface area contributed by atoms with Crippen molar-refractivity contribution >= 4 is 11.7 Å². The van der Waals surface area contributed by atoms with E-state index < -0.39 is 0 Å². The van der Waals surface area contributed by atoms with Crippen molar-refractivity contribution < 1.29 is 9.53 Å². The van der Waals surface area contributed by atoms with Crippen molar-refractivity contribution in [2.75, 3.05) is 31.6 Å². The van der Waals surface area contributed by atoms with Crippen LogP contribution in [0.15, 0.2) is 24.3 Å². The van der Waals surface area contributed by atoms with Crippen LogP contribution in [-0.2, 0) is 9.53 Å². The summed E-state index contributed by atoms with van der Waals surface area (Å²) in [6.07, 6.45) is 0.990. The van der Waals surface area contributed by atoms with Crippen LogP contribution in [-0.4, -0.2) is 38.8 Å². The molecule has 0 saturated carbocycles. The lowest BCUT2D eigenvalue weighted by molar-refractivity contribution is -0.145. The van der Waals surface area contributed by atoms with Crippen LogP contribution in [0.5, 0.6) is 0 Å². The van der Waals surface area contributed by atoms with Gasteiger partial charge in [0.15, 0.2) is 0 Å². The molecule has 1 rings (SSSR count). The summed E-state index contributed by atoms with van der Waals surface area (Å²) in [5.41, 5.74) is 2.34. The number of hydrogen-bond donors (Lipinski definition) is 1. The average Bonchev–Trinajstić information content (AvgIpc) is 2.43. The number of nitrogens with one attached hydrogen (secondary N) is 1. The van der Waals surface area contributed by atoms with Gasteiger partial charge in [0.1, 0.15) is 6.04 Å². The zero-order valence-corrected chi connectivity index (χ0v) is 13.0. The second-order valence-corrected chi connectivity index (χ2v) is 4.93. The van der Waals surface area contributed by atoms with Crippen molar-refractivity contribution in [1.82, 2.24) is 5.32 Å². The van der Waals surface area contributed by atoms with Crippen LogP contribution in [0.3, 0.4) is 0 Å². The maximum Gasteiger partial charge on any atom is 0.324 e. The molecule has 20 heavy (non-hydrogen) atoms. The number of hydrogen-bond acceptors (Lipinski definition) is 4. The molecule has 0 fully saturated rings. The minimum atomic E-state index is -0.292. The summed E-state index contributed by atoms with van der Waals surface area (Å²) in [5, 5.41) is 3.26. The van der Waals surface area contributed by atoms with E-state index in [2.05, 4.69) is 36.2 Å². The monoisotopic (exact) mass is 278 g/mol. The van der Waals surface area contributed by atoms with Crippen LogP contribution in [0.2, 0.25) is 0 Å². The third-order valence-corrected chi connectivity index (χ3v) is 3.19. The Balaban J connectivity index is 2.73. The third kappa shape index (κ3) is 4.85. The van der Waals surface area contributed by atoms with Crippen LogP contribution in [0.25, 0.3) is 0 Å². The lowest BCUT2D eigenvalue weighted by atomic mass is 10.1. The molecule has 1 atom stereocenters. The Hall–Kier alpha value is -1.55. The van der Waals surface area contributed by atoms with Gasteiger partial charge in [-0.1, -0.05) is 25.1 Å². The van der Waals surface area contributed by atoms with Gasteiger partial charge >= 0.3 is 5.97 Å². The van der Waals surface area contributed by atoms with Crippen molar-refractivity contribution in [3.8, 4) is 0 Å². The quantitative estimate of drug-likeness (QED) is 0.741. The molecule has 0 saturated heterocycles. The number of benzene rings is 1. The lowest BCUT2D eigenvalue weighted by Crippen LogP contribution is -2.46. The first-order chi connectivity index (χ1) is 9.60. The molecule has 4 heteroatoms. The number of carbonyl (C=O) groups excluding carboxylic acids is 1. The molecule has 0 spiro atoms. The number of esters is 1. The van der Waals surface area contributed by atoms with Gasteiger partial charge in [-0.2, -0.15) is 0 Å². The molecule has 1 aromatic carbocycles. The largest absolute Gasteiger partial charge is 0.465 e. The van der Waals surface area contributed by atoms with Crippen molar-refractivity contribution in [3.63, 3.8) is 0 Å². The maximum absolute atomic E-state index is 12.0. The summed E-state index contributed by atoms with van der Waals surface area (Å²) < 4.78 is 5.14. The first kappa shape index (κ1) is 16.5. The number of likely N-dealkylation sites (N-methyl/N-ethyl adjacent to an activating group) is 1. The Kier molecular flexibility index (Phi) is 7.09. The van der Waals surface area contributed by atoms with Gasteiger partial charge in [-0.3, -0.25) is 4.79 Å². The van der Waals surface area contributed by atoms with Gasteiger partial charge < -0.3 is 15.0 Å². The lowest BCUT2D eigenvalue weighted by Gasteiger charge is -2.26. The molecule has 0 amide bonds. The fourth-order valence-electron chi connectivity index (χ4n) is 2.15. The van der Waals surface area contributed by atoms with Gasteiger partial charge in [-0.15, -0.1) is 0 Å². The number of rotatable bonds is 8. The van der Waals surface area contributed by atoms with Crippen molar-refractivity contribution in [2.24, 2.45) is 0 Å². The van der Waals surface area contributed by atoms with Gasteiger partial charge in [-0.05, 0) is 38.4 Å². The van der Waals surface area contributed by atoms with Crippen LogP contribution in [0, 0.1) is 6.92 Å². The molecular formula is C16H26N2O2. The number of carbonyl (C=O) groups is 1. The van der Waals surface area contributed by atoms with E-state index in [4.69, 9.17) is 4.74 Å². The van der Waals surface area contributed by atoms with Gasteiger partial charge in [0.05, 0.1) is 6.61 Å². The summed E-state index contributed by atoms with van der Waals surface area (Å²) >= 11 is 0. The zero-order valence-electron chi connectivity index (χ0n) is 13.0. The highest BCUT2D eigenvalue weighted by Gasteiger charge is 2.21. The molecule has 0 aliphatic rings. The molecule has 0 aliphatic heterocycles. The van der Waals surface area contributed by atoms with E-state index in [0.29, 0.717) is 13.2 Å². The fourth-order valence-corrected chi connectivity index (χ4v) is 2.15. The average molecular weight is 278 g/mol. The normalized spacial score (nSPS) is 12.0. The van der Waals surface area contributed by atoms with E-state index >= 15 is 0 Å². The SMILES string of the molecule is CCCNC(CN(C)c1ccccc1C)C(=O)OCC. The summed E-state index contributed by atoms with van der Waals surface area (Å²) in [7, 11) is 2.00. The highest BCUT2D eigenvalue weighted by molar-refractivity contribution is 5.76. The van der Waals surface area contributed by atoms with Crippen LogP contribution in [0.1, 0.15) is 25.8 Å². The molecule has 0 heterocycles. The van der Waals surface area contributed by atoms with E-state index in [9.17, 15) is 4.79 Å². The van der Waals surface area contributed by atoms with E-state index in [1.807, 2.05) is 26.1 Å². The zero-order chi connectivity index (χ0) is 15.0. The maximum atomic E-state index is 12.0. The smallest absolute Gasteiger partial charge is 0.324 e. The van der Waals surface area contributed by atoms with Gasteiger partial charge in [0.2, 0.25) is 0 Å². The minimum Gasteiger partial charge on any atom is -0.465 e. The fraction of sp³-hybridized carbons (Fsp3) is 0.562. The standard InChI is InChI=1S/C16H26N2O2/c1-5-11-17-14(16(19)20-6-2)12-18(4)15-10-8-7-9-13(15)3/h7-10,14,17H,5-6,11-12H2,1-4H3. The third-order valence-electron chi connectivity index (χ3n) is 3.19. The first-order valence-electron chi connectivity index (χ1n) is 7.26. The van der Waals surface area contributed by atoms with Crippen molar-refractivity contribution in [3.05, 3.63) is 29.8 Å². The molecule has 1 aromatic rings. The second-order valence-electron chi connectivity index (χ2n) is 4.93. The first-order valence-corrected chi connectivity index (χ1v) is 7.26. The van der Waals surface area contributed by atoms with E-state index in [-0.39, 0.29) is 12.0 Å². The Bertz CT molecular complexity index is 421. The van der Waals surface area contributed by atoms with Crippen molar-refractivity contribution in [1.29, 1.82) is 0 Å². The Morgan fingerprint density at radius 1 is 1.35 bits per heavy atom. The summed E-state index contributed by atoms with van der Waals surface area (Å²) in [6.45, 7) is 7.82. The second kappa shape index (κ2) is 8.59. The van der Waals surface area contributed by atoms with Crippen LogP contribution < -0.4 is 10.2 Å². The topological polar surface area (TPSA) is 41.6 Å². The van der Waals surface area contributed by atoms with Crippen LogP contribution >= 0.6 is 0 Å².